The van der Waals surface area contributed by atoms with Gasteiger partial charge in [0.15, 0.2) is 17.5 Å². The molecule has 3 N–H and O–H groups in total. The van der Waals surface area contributed by atoms with Gasteiger partial charge in [0.05, 0.1) is 13.7 Å². The van der Waals surface area contributed by atoms with Crippen LogP contribution in [-0.2, 0) is 4.79 Å². The zero-order valence-corrected chi connectivity index (χ0v) is 20.5. The van der Waals surface area contributed by atoms with Crippen molar-refractivity contribution in [2.45, 2.75) is 32.3 Å². The van der Waals surface area contributed by atoms with Crippen LogP contribution in [0.15, 0.2) is 53.5 Å². The maximum Gasteiger partial charge on any atom is 0.225 e. The van der Waals surface area contributed by atoms with Crippen LogP contribution in [0.4, 0.5) is 5.69 Å². The molecule has 1 aliphatic heterocycles. The maximum atomic E-state index is 12.0. The van der Waals surface area contributed by atoms with E-state index in [9.17, 15) is 4.79 Å². The van der Waals surface area contributed by atoms with Crippen molar-refractivity contribution in [1.82, 2.24) is 10.6 Å². The van der Waals surface area contributed by atoms with Crippen LogP contribution in [0.25, 0.3) is 0 Å². The number of fused-ring (bicyclic) bond motifs is 1. The van der Waals surface area contributed by atoms with Crippen LogP contribution >= 0.6 is 24.0 Å². The van der Waals surface area contributed by atoms with Crippen LogP contribution in [-0.4, -0.2) is 44.7 Å². The number of halogens is 1. The number of benzene rings is 2. The fourth-order valence-corrected chi connectivity index (χ4v) is 3.44. The summed E-state index contributed by atoms with van der Waals surface area (Å²) in [6, 6.07) is 15.5. The SMILES string of the molecule is CCNC(=NCC(C)Oc1ccccc1OC)NCC1CC(=O)Nc2ccccc21.I. The first kappa shape index (κ1) is 24.8. The lowest BCUT2D eigenvalue weighted by molar-refractivity contribution is -0.116. The number of para-hydroxylation sites is 3. The van der Waals surface area contributed by atoms with E-state index in [1.165, 1.54) is 0 Å². The Morgan fingerprint density at radius 2 is 1.87 bits per heavy atom. The molecule has 0 saturated heterocycles. The summed E-state index contributed by atoms with van der Waals surface area (Å²) in [6.45, 7) is 5.85. The summed E-state index contributed by atoms with van der Waals surface area (Å²) in [5.74, 6) is 2.25. The highest BCUT2D eigenvalue weighted by atomic mass is 127. The summed E-state index contributed by atoms with van der Waals surface area (Å²) in [7, 11) is 1.63. The number of hydrogen-bond donors (Lipinski definition) is 3. The summed E-state index contributed by atoms with van der Waals surface area (Å²) in [5.41, 5.74) is 2.04. The van der Waals surface area contributed by atoms with E-state index in [0.717, 1.165) is 17.8 Å². The predicted molar refractivity (Wildman–Crippen MR) is 135 cm³/mol. The topological polar surface area (TPSA) is 84.0 Å². The molecule has 1 amide bonds. The molecule has 1 aliphatic rings. The lowest BCUT2D eigenvalue weighted by Crippen LogP contribution is -2.41. The van der Waals surface area contributed by atoms with Crippen molar-refractivity contribution in [3.8, 4) is 11.5 Å². The number of anilines is 1. The summed E-state index contributed by atoms with van der Waals surface area (Å²) >= 11 is 0. The summed E-state index contributed by atoms with van der Waals surface area (Å²) < 4.78 is 11.3. The highest BCUT2D eigenvalue weighted by Gasteiger charge is 2.24. The van der Waals surface area contributed by atoms with Gasteiger partial charge < -0.3 is 25.4 Å². The van der Waals surface area contributed by atoms with E-state index in [0.29, 0.717) is 37.0 Å². The molecule has 31 heavy (non-hydrogen) atoms. The zero-order chi connectivity index (χ0) is 21.3. The van der Waals surface area contributed by atoms with E-state index in [2.05, 4.69) is 27.0 Å². The molecule has 168 valence electrons. The van der Waals surface area contributed by atoms with E-state index >= 15 is 0 Å². The lowest BCUT2D eigenvalue weighted by Gasteiger charge is -2.26. The number of ether oxygens (including phenoxy) is 2. The molecule has 8 heteroatoms. The normalized spacial score (nSPS) is 16.3. The second kappa shape index (κ2) is 12.4. The fraction of sp³-hybridized carbons (Fsp3) is 0.391. The molecule has 0 radical (unpaired) electrons. The number of guanidine groups is 1. The van der Waals surface area contributed by atoms with Crippen molar-refractivity contribution in [2.75, 3.05) is 32.1 Å². The predicted octanol–water partition coefficient (Wildman–Crippen LogP) is 3.76. The largest absolute Gasteiger partial charge is 0.493 e. The minimum absolute atomic E-state index is 0. The number of nitrogens with zero attached hydrogens (tertiary/aromatic N) is 1. The van der Waals surface area contributed by atoms with Crippen molar-refractivity contribution >= 4 is 41.5 Å². The molecule has 0 saturated carbocycles. The van der Waals surface area contributed by atoms with Crippen LogP contribution in [0.1, 0.15) is 31.7 Å². The minimum atomic E-state index is -0.127. The molecule has 2 aromatic rings. The summed E-state index contributed by atoms with van der Waals surface area (Å²) in [4.78, 5) is 16.7. The first-order valence-electron chi connectivity index (χ1n) is 10.3. The van der Waals surface area contributed by atoms with Crippen molar-refractivity contribution in [3.63, 3.8) is 0 Å². The Hall–Kier alpha value is -2.49. The number of nitrogens with one attached hydrogen (secondary N) is 3. The number of carbonyl (C=O) groups is 1. The minimum Gasteiger partial charge on any atom is -0.493 e. The van der Waals surface area contributed by atoms with Gasteiger partial charge in [0.2, 0.25) is 5.91 Å². The van der Waals surface area contributed by atoms with Gasteiger partial charge in [-0.1, -0.05) is 30.3 Å². The quantitative estimate of drug-likeness (QED) is 0.271. The van der Waals surface area contributed by atoms with E-state index in [1.807, 2.05) is 56.3 Å². The third kappa shape index (κ3) is 7.02. The molecule has 2 unspecified atom stereocenters. The van der Waals surface area contributed by atoms with Gasteiger partial charge in [0.25, 0.3) is 0 Å². The molecule has 0 spiro atoms. The summed E-state index contributed by atoms with van der Waals surface area (Å²) in [5, 5.41) is 9.57. The van der Waals surface area contributed by atoms with Gasteiger partial charge >= 0.3 is 0 Å². The van der Waals surface area contributed by atoms with Gasteiger partial charge in [-0.3, -0.25) is 4.79 Å². The molecular weight excluding hydrogens is 507 g/mol. The number of methoxy groups -OCH3 is 1. The van der Waals surface area contributed by atoms with Crippen LogP contribution in [0, 0.1) is 0 Å². The highest BCUT2D eigenvalue weighted by Crippen LogP contribution is 2.31. The molecular formula is C23H31IN4O3. The fourth-order valence-electron chi connectivity index (χ4n) is 3.44. The number of rotatable bonds is 8. The number of amides is 1. The second-order valence-electron chi connectivity index (χ2n) is 7.22. The average molecular weight is 538 g/mol. The summed E-state index contributed by atoms with van der Waals surface area (Å²) in [6.07, 6.45) is 0.328. The van der Waals surface area contributed by atoms with E-state index in [-0.39, 0.29) is 41.9 Å². The van der Waals surface area contributed by atoms with Crippen LogP contribution < -0.4 is 25.4 Å². The van der Waals surface area contributed by atoms with Gasteiger partial charge in [0, 0.05) is 31.1 Å². The van der Waals surface area contributed by atoms with Crippen molar-refractivity contribution in [3.05, 3.63) is 54.1 Å². The first-order chi connectivity index (χ1) is 14.6. The zero-order valence-electron chi connectivity index (χ0n) is 18.2. The van der Waals surface area contributed by atoms with E-state index in [1.54, 1.807) is 7.11 Å². The molecule has 0 aromatic heterocycles. The average Bonchev–Trinajstić information content (AvgIpc) is 2.75. The van der Waals surface area contributed by atoms with Gasteiger partial charge in [-0.05, 0) is 37.6 Å². The van der Waals surface area contributed by atoms with E-state index in [4.69, 9.17) is 9.47 Å². The van der Waals surface area contributed by atoms with Gasteiger partial charge in [0.1, 0.15) is 6.10 Å². The Bertz CT molecular complexity index is 891. The Kier molecular flexibility index (Phi) is 9.90. The smallest absolute Gasteiger partial charge is 0.225 e. The lowest BCUT2D eigenvalue weighted by atomic mass is 9.90. The third-order valence-electron chi connectivity index (χ3n) is 4.87. The monoisotopic (exact) mass is 538 g/mol. The van der Waals surface area contributed by atoms with Crippen LogP contribution in [0.5, 0.6) is 11.5 Å². The molecule has 0 aliphatic carbocycles. The maximum absolute atomic E-state index is 12.0. The highest BCUT2D eigenvalue weighted by molar-refractivity contribution is 14.0. The molecule has 2 atom stereocenters. The van der Waals surface area contributed by atoms with Crippen molar-refractivity contribution in [2.24, 2.45) is 4.99 Å². The van der Waals surface area contributed by atoms with Crippen LogP contribution in [0.3, 0.4) is 0 Å². The van der Waals surface area contributed by atoms with Crippen molar-refractivity contribution < 1.29 is 14.3 Å². The second-order valence-corrected chi connectivity index (χ2v) is 7.22. The Morgan fingerprint density at radius 3 is 2.61 bits per heavy atom. The standard InChI is InChI=1S/C23H30N4O3.HI/c1-4-24-23(25-14-16(2)30-21-12-8-7-11-20(21)29-3)26-15-17-13-22(28)27-19-10-6-5-9-18(17)19;/h5-12,16-17H,4,13-15H2,1-3H3,(H,27,28)(H2,24,25,26);1H. The van der Waals surface area contributed by atoms with Crippen LogP contribution in [0.2, 0.25) is 0 Å². The molecule has 2 aromatic carbocycles. The van der Waals surface area contributed by atoms with Gasteiger partial charge in [-0.15, -0.1) is 24.0 Å². The Labute approximate surface area is 201 Å². The number of carbonyl (C=O) groups excluding carboxylic acids is 1. The number of hydrogen-bond acceptors (Lipinski definition) is 4. The Balaban J connectivity index is 0.00000341. The Morgan fingerprint density at radius 1 is 1.16 bits per heavy atom. The molecule has 0 fully saturated rings. The first-order valence-corrected chi connectivity index (χ1v) is 10.3. The third-order valence-corrected chi connectivity index (χ3v) is 4.87. The van der Waals surface area contributed by atoms with E-state index < -0.39 is 0 Å². The van der Waals surface area contributed by atoms with Gasteiger partial charge in [-0.25, -0.2) is 4.99 Å². The van der Waals surface area contributed by atoms with Crippen molar-refractivity contribution in [1.29, 1.82) is 0 Å². The molecule has 3 rings (SSSR count). The molecule has 1 heterocycles. The van der Waals surface area contributed by atoms with Gasteiger partial charge in [-0.2, -0.15) is 0 Å². The molecule has 7 nitrogen and oxygen atoms in total. The number of aliphatic imine (C=N–C) groups is 1. The molecule has 0 bridgehead atoms.